The molecule has 2 saturated heterocycles. The van der Waals surface area contributed by atoms with Crippen LogP contribution in [0.4, 0.5) is 18.0 Å². The van der Waals surface area contributed by atoms with E-state index in [9.17, 15) is 18.0 Å². The quantitative estimate of drug-likeness (QED) is 0.804. The van der Waals surface area contributed by atoms with E-state index in [0.29, 0.717) is 52.2 Å². The number of carbonyl (C=O) groups excluding carboxylic acids is 1. The third-order valence-corrected chi connectivity index (χ3v) is 4.19. The van der Waals surface area contributed by atoms with E-state index in [0.717, 1.165) is 12.3 Å². The van der Waals surface area contributed by atoms with Gasteiger partial charge in [0, 0.05) is 45.2 Å². The number of piperidine rings is 1. The SMILES string of the molecule is O=C(N1CCOCC1)N1CCC(Oc2nccc(C(F)(F)F)n2)CC1. The minimum atomic E-state index is -4.53. The topological polar surface area (TPSA) is 67.8 Å². The van der Waals surface area contributed by atoms with Gasteiger partial charge in [0.25, 0.3) is 0 Å². The number of hydrogen-bond donors (Lipinski definition) is 0. The normalized spacial score (nSPS) is 19.8. The van der Waals surface area contributed by atoms with Gasteiger partial charge in [0.15, 0.2) is 5.69 Å². The Kier molecular flexibility index (Phi) is 5.26. The average molecular weight is 360 g/mol. The van der Waals surface area contributed by atoms with Crippen LogP contribution in [0.3, 0.4) is 0 Å². The number of ether oxygens (including phenoxy) is 2. The maximum absolute atomic E-state index is 12.7. The van der Waals surface area contributed by atoms with Crippen LogP contribution in [0.25, 0.3) is 0 Å². The summed E-state index contributed by atoms with van der Waals surface area (Å²) in [6, 6.07) is 0.487. The lowest BCUT2D eigenvalue weighted by molar-refractivity contribution is -0.141. The van der Waals surface area contributed by atoms with E-state index in [1.54, 1.807) is 9.80 Å². The fraction of sp³-hybridized carbons (Fsp3) is 0.667. The maximum atomic E-state index is 12.7. The number of rotatable bonds is 2. The number of halogens is 3. The Hall–Kier alpha value is -2.10. The fourth-order valence-corrected chi connectivity index (χ4v) is 2.82. The highest BCUT2D eigenvalue weighted by molar-refractivity contribution is 5.74. The van der Waals surface area contributed by atoms with Crippen LogP contribution in [-0.2, 0) is 10.9 Å². The summed E-state index contributed by atoms with van der Waals surface area (Å²) in [4.78, 5) is 23.0. The number of aromatic nitrogens is 2. The molecule has 1 aromatic heterocycles. The van der Waals surface area contributed by atoms with Crippen molar-refractivity contribution in [1.82, 2.24) is 19.8 Å². The number of nitrogens with zero attached hydrogens (tertiary/aromatic N) is 4. The van der Waals surface area contributed by atoms with Crippen molar-refractivity contribution >= 4 is 6.03 Å². The Labute approximate surface area is 142 Å². The van der Waals surface area contributed by atoms with Crippen LogP contribution in [0, 0.1) is 0 Å². The molecule has 10 heteroatoms. The van der Waals surface area contributed by atoms with Gasteiger partial charge in [-0.05, 0) is 6.07 Å². The van der Waals surface area contributed by atoms with E-state index in [2.05, 4.69) is 9.97 Å². The minimum Gasteiger partial charge on any atom is -0.460 e. The molecule has 0 N–H and O–H groups in total. The monoisotopic (exact) mass is 360 g/mol. The van der Waals surface area contributed by atoms with Crippen LogP contribution in [0.15, 0.2) is 12.3 Å². The molecule has 0 radical (unpaired) electrons. The molecule has 3 heterocycles. The number of hydrogen-bond acceptors (Lipinski definition) is 5. The molecule has 2 amide bonds. The van der Waals surface area contributed by atoms with Gasteiger partial charge in [0.2, 0.25) is 0 Å². The summed E-state index contributed by atoms with van der Waals surface area (Å²) < 4.78 is 48.7. The first-order chi connectivity index (χ1) is 11.9. The molecule has 2 aliphatic rings. The number of morpholine rings is 1. The largest absolute Gasteiger partial charge is 0.460 e. The Morgan fingerprint density at radius 2 is 1.80 bits per heavy atom. The number of amides is 2. The van der Waals surface area contributed by atoms with E-state index in [1.807, 2.05) is 0 Å². The summed E-state index contributed by atoms with van der Waals surface area (Å²) in [6.45, 7) is 3.21. The second kappa shape index (κ2) is 7.42. The maximum Gasteiger partial charge on any atom is 0.433 e. The molecule has 0 saturated carbocycles. The molecule has 0 unspecified atom stereocenters. The average Bonchev–Trinajstić information content (AvgIpc) is 2.62. The highest BCUT2D eigenvalue weighted by Crippen LogP contribution is 2.28. The van der Waals surface area contributed by atoms with Crippen molar-refractivity contribution in [2.75, 3.05) is 39.4 Å². The van der Waals surface area contributed by atoms with E-state index in [-0.39, 0.29) is 18.1 Å². The highest BCUT2D eigenvalue weighted by atomic mass is 19.4. The van der Waals surface area contributed by atoms with Gasteiger partial charge in [0.1, 0.15) is 6.10 Å². The van der Waals surface area contributed by atoms with Crippen molar-refractivity contribution in [3.63, 3.8) is 0 Å². The van der Waals surface area contributed by atoms with Gasteiger partial charge in [-0.1, -0.05) is 0 Å². The van der Waals surface area contributed by atoms with Crippen LogP contribution in [-0.4, -0.2) is 71.3 Å². The molecule has 2 fully saturated rings. The van der Waals surface area contributed by atoms with Crippen molar-refractivity contribution in [1.29, 1.82) is 0 Å². The van der Waals surface area contributed by atoms with Crippen LogP contribution >= 0.6 is 0 Å². The summed E-state index contributed by atoms with van der Waals surface area (Å²) in [6.07, 6.45) is -2.76. The van der Waals surface area contributed by atoms with Gasteiger partial charge in [-0.3, -0.25) is 0 Å². The predicted octanol–water partition coefficient (Wildman–Crippen LogP) is 1.79. The van der Waals surface area contributed by atoms with Crippen molar-refractivity contribution in [2.45, 2.75) is 25.1 Å². The molecule has 0 atom stereocenters. The van der Waals surface area contributed by atoms with Crippen LogP contribution in [0.5, 0.6) is 6.01 Å². The third kappa shape index (κ3) is 4.50. The Balaban J connectivity index is 1.52. The highest BCUT2D eigenvalue weighted by Gasteiger charge is 2.33. The standard InChI is InChI=1S/C15H19F3N4O3/c16-15(17,18)12-1-4-19-13(20-12)25-11-2-5-21(6-3-11)14(23)22-7-9-24-10-8-22/h1,4,11H,2-3,5-10H2. The van der Waals surface area contributed by atoms with Crippen molar-refractivity contribution in [3.05, 3.63) is 18.0 Å². The second-order valence-corrected chi connectivity index (χ2v) is 5.91. The molecule has 3 rings (SSSR count). The zero-order valence-corrected chi connectivity index (χ0v) is 13.5. The lowest BCUT2D eigenvalue weighted by Crippen LogP contribution is -2.51. The number of alkyl halides is 3. The molecule has 0 bridgehead atoms. The summed E-state index contributed by atoms with van der Waals surface area (Å²) in [5.74, 6) is 0. The van der Waals surface area contributed by atoms with Crippen LogP contribution < -0.4 is 4.74 Å². The molecule has 25 heavy (non-hydrogen) atoms. The summed E-state index contributed by atoms with van der Waals surface area (Å²) in [7, 11) is 0. The smallest absolute Gasteiger partial charge is 0.433 e. The summed E-state index contributed by atoms with van der Waals surface area (Å²) in [5, 5.41) is 0. The number of likely N-dealkylation sites (tertiary alicyclic amines) is 1. The first kappa shape index (κ1) is 17.7. The van der Waals surface area contributed by atoms with Gasteiger partial charge in [0.05, 0.1) is 13.2 Å². The van der Waals surface area contributed by atoms with Crippen molar-refractivity contribution in [2.24, 2.45) is 0 Å². The first-order valence-corrected chi connectivity index (χ1v) is 8.12. The molecule has 0 spiro atoms. The van der Waals surface area contributed by atoms with Gasteiger partial charge >= 0.3 is 18.2 Å². The molecular formula is C15H19F3N4O3. The van der Waals surface area contributed by atoms with Crippen molar-refractivity contribution < 1.29 is 27.4 Å². The molecule has 1 aromatic rings. The number of carbonyl (C=O) groups is 1. The minimum absolute atomic E-state index is 0.0305. The molecule has 0 aliphatic carbocycles. The summed E-state index contributed by atoms with van der Waals surface area (Å²) >= 11 is 0. The predicted molar refractivity (Wildman–Crippen MR) is 80.0 cm³/mol. The Morgan fingerprint density at radius 1 is 1.16 bits per heavy atom. The molecule has 2 aliphatic heterocycles. The lowest BCUT2D eigenvalue weighted by Gasteiger charge is -2.36. The second-order valence-electron chi connectivity index (χ2n) is 5.91. The van der Waals surface area contributed by atoms with Gasteiger partial charge in [-0.2, -0.15) is 18.2 Å². The van der Waals surface area contributed by atoms with Gasteiger partial charge < -0.3 is 19.3 Å². The van der Waals surface area contributed by atoms with E-state index < -0.39 is 11.9 Å². The van der Waals surface area contributed by atoms with Gasteiger partial charge in [-0.25, -0.2) is 9.78 Å². The van der Waals surface area contributed by atoms with Crippen LogP contribution in [0.2, 0.25) is 0 Å². The fourth-order valence-electron chi connectivity index (χ4n) is 2.82. The van der Waals surface area contributed by atoms with E-state index in [1.165, 1.54) is 0 Å². The molecule has 0 aromatic carbocycles. The third-order valence-electron chi connectivity index (χ3n) is 4.19. The van der Waals surface area contributed by atoms with Gasteiger partial charge in [-0.15, -0.1) is 0 Å². The lowest BCUT2D eigenvalue weighted by atomic mass is 10.1. The van der Waals surface area contributed by atoms with Crippen LogP contribution in [0.1, 0.15) is 18.5 Å². The molecule has 7 nitrogen and oxygen atoms in total. The van der Waals surface area contributed by atoms with E-state index in [4.69, 9.17) is 9.47 Å². The molecular weight excluding hydrogens is 341 g/mol. The van der Waals surface area contributed by atoms with E-state index >= 15 is 0 Å². The Bertz CT molecular complexity index is 600. The molecule has 138 valence electrons. The Morgan fingerprint density at radius 3 is 2.44 bits per heavy atom. The zero-order chi connectivity index (χ0) is 17.9. The summed E-state index contributed by atoms with van der Waals surface area (Å²) in [5.41, 5.74) is -1.03. The first-order valence-electron chi connectivity index (χ1n) is 8.12. The zero-order valence-electron chi connectivity index (χ0n) is 13.5. The van der Waals surface area contributed by atoms with Crippen molar-refractivity contribution in [3.8, 4) is 6.01 Å². The number of urea groups is 1.